The van der Waals surface area contributed by atoms with Crippen LogP contribution in [0.1, 0.15) is 5.56 Å². The molecule has 0 aliphatic heterocycles. The highest BCUT2D eigenvalue weighted by atomic mass is 32.2. The maximum Gasteiger partial charge on any atom is 0.235 e. The number of carbonyl (C=O) groups excluding carboxylic acids is 1. The number of hydrogen-bond acceptors (Lipinski definition) is 4. The summed E-state index contributed by atoms with van der Waals surface area (Å²) < 4.78 is 35.8. The first-order valence-corrected chi connectivity index (χ1v) is 6.62. The highest BCUT2D eigenvalue weighted by Crippen LogP contribution is 2.08. The summed E-state index contributed by atoms with van der Waals surface area (Å²) in [5.74, 6) is -2.12. The summed E-state index contributed by atoms with van der Waals surface area (Å²) in [6.45, 7) is 0. The summed E-state index contributed by atoms with van der Waals surface area (Å²) in [6.07, 6.45) is 0. The monoisotopic (exact) mass is 260 g/mol. The van der Waals surface area contributed by atoms with E-state index in [1.54, 1.807) is 0 Å². The molecule has 0 heterocycles. The van der Waals surface area contributed by atoms with E-state index in [2.05, 4.69) is 0 Å². The fourth-order valence-electron chi connectivity index (χ4n) is 1.25. The van der Waals surface area contributed by atoms with Crippen molar-refractivity contribution in [2.24, 2.45) is 11.5 Å². The molecule has 0 bridgehead atoms. The van der Waals surface area contributed by atoms with E-state index in [9.17, 15) is 17.6 Å². The quantitative estimate of drug-likeness (QED) is 0.748. The molecule has 4 N–H and O–H groups in total. The lowest BCUT2D eigenvalue weighted by Crippen LogP contribution is -2.42. The van der Waals surface area contributed by atoms with Crippen molar-refractivity contribution < 1.29 is 17.6 Å². The SMILES string of the molecule is NC(=O)C(N)CS(=O)(=O)Cc1ccc(F)cc1. The second kappa shape index (κ2) is 5.24. The van der Waals surface area contributed by atoms with Crippen LogP contribution in [0.2, 0.25) is 0 Å². The fourth-order valence-corrected chi connectivity index (χ4v) is 2.78. The zero-order chi connectivity index (χ0) is 13.1. The molecular formula is C10H13FN2O3S. The van der Waals surface area contributed by atoms with E-state index in [4.69, 9.17) is 11.5 Å². The molecule has 1 rings (SSSR count). The minimum absolute atomic E-state index is 0.297. The van der Waals surface area contributed by atoms with Crippen molar-refractivity contribution in [3.8, 4) is 0 Å². The van der Waals surface area contributed by atoms with Gasteiger partial charge in [0, 0.05) is 0 Å². The maximum absolute atomic E-state index is 12.6. The Hall–Kier alpha value is -1.47. The van der Waals surface area contributed by atoms with Gasteiger partial charge in [-0.1, -0.05) is 12.1 Å². The van der Waals surface area contributed by atoms with Gasteiger partial charge in [-0.15, -0.1) is 0 Å². The lowest BCUT2D eigenvalue weighted by molar-refractivity contribution is -0.118. The number of rotatable bonds is 5. The Balaban J connectivity index is 2.73. The van der Waals surface area contributed by atoms with Crippen LogP contribution in [0, 0.1) is 5.82 Å². The number of carbonyl (C=O) groups is 1. The highest BCUT2D eigenvalue weighted by Gasteiger charge is 2.20. The first kappa shape index (κ1) is 13.6. The largest absolute Gasteiger partial charge is 0.368 e. The van der Waals surface area contributed by atoms with Gasteiger partial charge in [-0.25, -0.2) is 12.8 Å². The molecule has 1 aromatic rings. The Morgan fingerprint density at radius 1 is 1.29 bits per heavy atom. The van der Waals surface area contributed by atoms with E-state index in [1.165, 1.54) is 24.3 Å². The first-order valence-electron chi connectivity index (χ1n) is 4.80. The van der Waals surface area contributed by atoms with Crippen molar-refractivity contribution >= 4 is 15.7 Å². The number of sulfone groups is 1. The molecule has 0 spiro atoms. The molecule has 5 nitrogen and oxygen atoms in total. The molecule has 0 saturated carbocycles. The number of amides is 1. The van der Waals surface area contributed by atoms with Gasteiger partial charge in [0.2, 0.25) is 5.91 Å². The van der Waals surface area contributed by atoms with Crippen LogP contribution in [0.5, 0.6) is 0 Å². The van der Waals surface area contributed by atoms with Crippen LogP contribution in [0.4, 0.5) is 4.39 Å². The molecule has 94 valence electrons. The van der Waals surface area contributed by atoms with Crippen molar-refractivity contribution in [1.82, 2.24) is 0 Å². The lowest BCUT2D eigenvalue weighted by atomic mass is 10.2. The number of benzene rings is 1. The number of hydrogen-bond donors (Lipinski definition) is 2. The molecule has 17 heavy (non-hydrogen) atoms. The van der Waals surface area contributed by atoms with E-state index in [0.29, 0.717) is 5.56 Å². The summed E-state index contributed by atoms with van der Waals surface area (Å²) in [5, 5.41) is 0. The van der Waals surface area contributed by atoms with Crippen LogP contribution in [-0.4, -0.2) is 26.1 Å². The standard InChI is InChI=1S/C10H13FN2O3S/c11-8-3-1-7(2-4-8)5-17(15,16)6-9(12)10(13)14/h1-4,9H,5-6,12H2,(H2,13,14). The van der Waals surface area contributed by atoms with E-state index in [-0.39, 0.29) is 5.75 Å². The van der Waals surface area contributed by atoms with Gasteiger partial charge in [-0.2, -0.15) is 0 Å². The van der Waals surface area contributed by atoms with E-state index in [0.717, 1.165) is 0 Å². The zero-order valence-electron chi connectivity index (χ0n) is 8.97. The van der Waals surface area contributed by atoms with Crippen molar-refractivity contribution in [3.05, 3.63) is 35.6 Å². The van der Waals surface area contributed by atoms with Crippen LogP contribution >= 0.6 is 0 Å². The lowest BCUT2D eigenvalue weighted by Gasteiger charge is -2.08. The molecule has 7 heteroatoms. The van der Waals surface area contributed by atoms with E-state index < -0.39 is 33.4 Å². The Bertz CT molecular complexity index is 499. The molecular weight excluding hydrogens is 247 g/mol. The second-order valence-electron chi connectivity index (χ2n) is 3.69. The average molecular weight is 260 g/mol. The van der Waals surface area contributed by atoms with Gasteiger partial charge in [0.05, 0.1) is 17.5 Å². The van der Waals surface area contributed by atoms with Crippen LogP contribution in [-0.2, 0) is 20.4 Å². The third-order valence-corrected chi connectivity index (χ3v) is 3.74. The Kier molecular flexibility index (Phi) is 4.19. The van der Waals surface area contributed by atoms with Crippen molar-refractivity contribution in [2.75, 3.05) is 5.75 Å². The molecule has 0 aliphatic rings. The molecule has 1 atom stereocenters. The second-order valence-corrected chi connectivity index (χ2v) is 5.80. The molecule has 0 aliphatic carbocycles. The van der Waals surface area contributed by atoms with Gasteiger partial charge in [0.25, 0.3) is 0 Å². The predicted octanol–water partition coefficient (Wildman–Crippen LogP) is -0.447. The van der Waals surface area contributed by atoms with E-state index in [1.807, 2.05) is 0 Å². The molecule has 1 amide bonds. The number of nitrogens with two attached hydrogens (primary N) is 2. The van der Waals surface area contributed by atoms with Crippen LogP contribution in [0.25, 0.3) is 0 Å². The minimum atomic E-state index is -3.54. The maximum atomic E-state index is 12.6. The summed E-state index contributed by atoms with van der Waals surface area (Å²) in [5.41, 5.74) is 10.6. The van der Waals surface area contributed by atoms with Gasteiger partial charge in [-0.3, -0.25) is 4.79 Å². The summed E-state index contributed by atoms with van der Waals surface area (Å²) in [4.78, 5) is 10.7. The Morgan fingerprint density at radius 3 is 2.29 bits per heavy atom. The van der Waals surface area contributed by atoms with Gasteiger partial charge >= 0.3 is 0 Å². The van der Waals surface area contributed by atoms with Crippen LogP contribution < -0.4 is 11.5 Å². The van der Waals surface area contributed by atoms with E-state index >= 15 is 0 Å². The number of halogens is 1. The summed E-state index contributed by atoms with van der Waals surface area (Å²) in [6, 6.07) is 3.84. The smallest absolute Gasteiger partial charge is 0.235 e. The average Bonchev–Trinajstić information content (AvgIpc) is 2.20. The topological polar surface area (TPSA) is 103 Å². The molecule has 1 unspecified atom stereocenters. The molecule has 1 aromatic carbocycles. The van der Waals surface area contributed by atoms with Gasteiger partial charge in [0.15, 0.2) is 9.84 Å². The molecule has 0 radical (unpaired) electrons. The first-order chi connectivity index (χ1) is 7.80. The van der Waals surface area contributed by atoms with Crippen molar-refractivity contribution in [1.29, 1.82) is 0 Å². The third kappa shape index (κ3) is 4.49. The predicted molar refractivity (Wildman–Crippen MR) is 61.1 cm³/mol. The van der Waals surface area contributed by atoms with Gasteiger partial charge in [0.1, 0.15) is 5.82 Å². The normalized spacial score (nSPS) is 13.3. The van der Waals surface area contributed by atoms with Gasteiger partial charge in [-0.05, 0) is 17.7 Å². The fraction of sp³-hybridized carbons (Fsp3) is 0.300. The summed E-state index contributed by atoms with van der Waals surface area (Å²) >= 11 is 0. The van der Waals surface area contributed by atoms with Crippen molar-refractivity contribution in [2.45, 2.75) is 11.8 Å². The molecule has 0 saturated heterocycles. The minimum Gasteiger partial charge on any atom is -0.368 e. The molecule has 0 fully saturated rings. The zero-order valence-corrected chi connectivity index (χ0v) is 9.78. The van der Waals surface area contributed by atoms with Gasteiger partial charge < -0.3 is 11.5 Å². The number of primary amides is 1. The Labute approximate surface area is 98.5 Å². The summed E-state index contributed by atoms with van der Waals surface area (Å²) in [7, 11) is -3.54. The Morgan fingerprint density at radius 2 is 1.82 bits per heavy atom. The van der Waals surface area contributed by atoms with Crippen LogP contribution in [0.3, 0.4) is 0 Å². The van der Waals surface area contributed by atoms with Crippen molar-refractivity contribution in [3.63, 3.8) is 0 Å². The highest BCUT2D eigenvalue weighted by molar-refractivity contribution is 7.90. The molecule has 0 aromatic heterocycles. The van der Waals surface area contributed by atoms with Crippen LogP contribution in [0.15, 0.2) is 24.3 Å². The third-order valence-electron chi connectivity index (χ3n) is 2.10.